The quantitative estimate of drug-likeness (QED) is 0.722. The zero-order valence-electron chi connectivity index (χ0n) is 13.6. The van der Waals surface area contributed by atoms with E-state index in [-0.39, 0.29) is 18.6 Å². The van der Waals surface area contributed by atoms with Gasteiger partial charge in [0.2, 0.25) is 0 Å². The van der Waals surface area contributed by atoms with Gasteiger partial charge in [-0.05, 0) is 38.2 Å². The number of nitrogens with one attached hydrogen (secondary N) is 2. The number of rotatable bonds is 7. The van der Waals surface area contributed by atoms with E-state index in [1.807, 2.05) is 26.0 Å². The number of hydrogen-bond acceptors (Lipinski definition) is 3. The van der Waals surface area contributed by atoms with Gasteiger partial charge in [-0.15, -0.1) is 0 Å². The molecule has 1 aromatic carbocycles. The number of carbonyl (C=O) groups is 1. The number of amides is 2. The fraction of sp³-hybridized carbons (Fsp3) is 0.588. The van der Waals surface area contributed by atoms with Crippen molar-refractivity contribution < 1.29 is 14.6 Å². The molecule has 1 aliphatic carbocycles. The Balaban J connectivity index is 1.82. The molecule has 1 saturated carbocycles. The summed E-state index contributed by atoms with van der Waals surface area (Å²) in [6, 6.07) is 5.74. The fourth-order valence-electron chi connectivity index (χ4n) is 2.70. The highest BCUT2D eigenvalue weighted by Crippen LogP contribution is 2.32. The number of carbonyl (C=O) groups excluding carboxylic acids is 1. The molecule has 0 bridgehead atoms. The van der Waals surface area contributed by atoms with Gasteiger partial charge in [0.25, 0.3) is 0 Å². The minimum atomic E-state index is -0.703. The van der Waals surface area contributed by atoms with Gasteiger partial charge in [-0.1, -0.05) is 29.3 Å². The third-order valence-electron chi connectivity index (χ3n) is 3.94. The van der Waals surface area contributed by atoms with E-state index in [0.717, 1.165) is 29.5 Å². The lowest BCUT2D eigenvalue weighted by molar-refractivity contribution is 0.152. The number of ether oxygens (including phenoxy) is 1. The number of aliphatic hydroxyl groups excluding tert-OH is 1. The van der Waals surface area contributed by atoms with Crippen LogP contribution in [0.5, 0.6) is 0 Å². The average molecular weight is 306 g/mol. The van der Waals surface area contributed by atoms with Gasteiger partial charge in [-0.3, -0.25) is 0 Å². The van der Waals surface area contributed by atoms with Crippen molar-refractivity contribution in [1.29, 1.82) is 0 Å². The van der Waals surface area contributed by atoms with E-state index < -0.39 is 6.10 Å². The molecule has 0 saturated heterocycles. The molecular weight excluding hydrogens is 280 g/mol. The summed E-state index contributed by atoms with van der Waals surface area (Å²) in [6.07, 6.45) is 1.57. The SMILES string of the molecule is COC[C@@H](NC(=O)NC[C@H](O)c1cc(C)cc(C)c1)C1CC1. The first-order valence-corrected chi connectivity index (χ1v) is 7.79. The predicted octanol–water partition coefficient (Wildman–Crippen LogP) is 2.06. The molecule has 0 unspecified atom stereocenters. The van der Waals surface area contributed by atoms with Crippen LogP contribution < -0.4 is 10.6 Å². The van der Waals surface area contributed by atoms with Crippen molar-refractivity contribution >= 4 is 6.03 Å². The van der Waals surface area contributed by atoms with Crippen LogP contribution >= 0.6 is 0 Å². The molecule has 2 rings (SSSR count). The van der Waals surface area contributed by atoms with Gasteiger partial charge >= 0.3 is 6.03 Å². The molecule has 5 heteroatoms. The van der Waals surface area contributed by atoms with Gasteiger partial charge < -0.3 is 20.5 Å². The number of aryl methyl sites for hydroxylation is 2. The van der Waals surface area contributed by atoms with Gasteiger partial charge in [0.15, 0.2) is 0 Å². The maximum Gasteiger partial charge on any atom is 0.315 e. The summed E-state index contributed by atoms with van der Waals surface area (Å²) >= 11 is 0. The second-order valence-electron chi connectivity index (χ2n) is 6.19. The number of hydrogen-bond donors (Lipinski definition) is 3. The van der Waals surface area contributed by atoms with Crippen LogP contribution in [0.3, 0.4) is 0 Å². The van der Waals surface area contributed by atoms with E-state index in [4.69, 9.17) is 4.74 Å². The molecule has 0 heterocycles. The predicted molar refractivity (Wildman–Crippen MR) is 85.8 cm³/mol. The monoisotopic (exact) mass is 306 g/mol. The van der Waals surface area contributed by atoms with Crippen LogP contribution in [0.1, 0.15) is 35.6 Å². The van der Waals surface area contributed by atoms with Crippen molar-refractivity contribution in [3.8, 4) is 0 Å². The summed E-state index contributed by atoms with van der Waals surface area (Å²) in [7, 11) is 1.64. The normalized spacial score (nSPS) is 16.9. The first-order valence-electron chi connectivity index (χ1n) is 7.79. The molecule has 2 atom stereocenters. The zero-order valence-corrected chi connectivity index (χ0v) is 13.6. The lowest BCUT2D eigenvalue weighted by Crippen LogP contribution is -2.46. The van der Waals surface area contributed by atoms with Crippen LogP contribution in [-0.2, 0) is 4.74 Å². The fourth-order valence-corrected chi connectivity index (χ4v) is 2.70. The van der Waals surface area contributed by atoms with E-state index in [0.29, 0.717) is 12.5 Å². The lowest BCUT2D eigenvalue weighted by Gasteiger charge is -2.19. The van der Waals surface area contributed by atoms with Crippen molar-refractivity contribution in [2.45, 2.75) is 38.8 Å². The Morgan fingerprint density at radius 1 is 1.32 bits per heavy atom. The highest BCUT2D eigenvalue weighted by molar-refractivity contribution is 5.74. The molecule has 0 spiro atoms. The number of benzene rings is 1. The van der Waals surface area contributed by atoms with Gasteiger partial charge in [0, 0.05) is 13.7 Å². The largest absolute Gasteiger partial charge is 0.387 e. The van der Waals surface area contributed by atoms with Crippen molar-refractivity contribution in [2.75, 3.05) is 20.3 Å². The Hall–Kier alpha value is -1.59. The maximum absolute atomic E-state index is 11.9. The molecule has 122 valence electrons. The Morgan fingerprint density at radius 2 is 1.95 bits per heavy atom. The molecule has 1 fully saturated rings. The molecule has 3 N–H and O–H groups in total. The third kappa shape index (κ3) is 5.00. The van der Waals surface area contributed by atoms with Crippen LogP contribution in [0.15, 0.2) is 18.2 Å². The lowest BCUT2D eigenvalue weighted by atomic mass is 10.0. The van der Waals surface area contributed by atoms with E-state index in [1.165, 1.54) is 0 Å². The Bertz CT molecular complexity index is 494. The molecule has 1 aliphatic rings. The van der Waals surface area contributed by atoms with Crippen molar-refractivity contribution in [3.63, 3.8) is 0 Å². The van der Waals surface area contributed by atoms with Crippen LogP contribution in [0.25, 0.3) is 0 Å². The zero-order chi connectivity index (χ0) is 16.1. The van der Waals surface area contributed by atoms with Gasteiger partial charge in [0.1, 0.15) is 0 Å². The average Bonchev–Trinajstić information content (AvgIpc) is 3.27. The second-order valence-corrected chi connectivity index (χ2v) is 6.19. The molecule has 22 heavy (non-hydrogen) atoms. The highest BCUT2D eigenvalue weighted by atomic mass is 16.5. The highest BCUT2D eigenvalue weighted by Gasteiger charge is 2.32. The van der Waals surface area contributed by atoms with E-state index in [1.54, 1.807) is 7.11 Å². The first kappa shape index (κ1) is 16.8. The summed E-state index contributed by atoms with van der Waals surface area (Å²) < 4.78 is 5.14. The van der Waals surface area contributed by atoms with Gasteiger partial charge in [-0.25, -0.2) is 4.79 Å². The molecule has 5 nitrogen and oxygen atoms in total. The van der Waals surface area contributed by atoms with Crippen molar-refractivity contribution in [2.24, 2.45) is 5.92 Å². The summed E-state index contributed by atoms with van der Waals surface area (Å²) in [5, 5.41) is 15.9. The van der Waals surface area contributed by atoms with Crippen LogP contribution in [-0.4, -0.2) is 37.4 Å². The molecule has 0 aliphatic heterocycles. The van der Waals surface area contributed by atoms with E-state index >= 15 is 0 Å². The van der Waals surface area contributed by atoms with Gasteiger partial charge in [-0.2, -0.15) is 0 Å². The number of aliphatic hydroxyl groups is 1. The first-order chi connectivity index (χ1) is 10.5. The standard InChI is InChI=1S/C17H26N2O3/c1-11-6-12(2)8-14(7-11)16(20)9-18-17(21)19-15(10-22-3)13-4-5-13/h6-8,13,15-16,20H,4-5,9-10H2,1-3H3,(H2,18,19,21)/t15-,16+/m1/s1. The Morgan fingerprint density at radius 3 is 2.50 bits per heavy atom. The molecule has 0 aromatic heterocycles. The second kappa shape index (κ2) is 7.61. The summed E-state index contributed by atoms with van der Waals surface area (Å²) in [5.74, 6) is 0.523. The van der Waals surface area contributed by atoms with Crippen LogP contribution in [0, 0.1) is 19.8 Å². The minimum Gasteiger partial charge on any atom is -0.387 e. The molecule has 2 amide bonds. The summed E-state index contributed by atoms with van der Waals surface area (Å²) in [6.45, 7) is 4.71. The van der Waals surface area contributed by atoms with Crippen molar-refractivity contribution in [1.82, 2.24) is 10.6 Å². The topological polar surface area (TPSA) is 70.6 Å². The maximum atomic E-state index is 11.9. The Labute approximate surface area is 132 Å². The van der Waals surface area contributed by atoms with Crippen LogP contribution in [0.4, 0.5) is 4.79 Å². The third-order valence-corrected chi connectivity index (χ3v) is 3.94. The van der Waals surface area contributed by atoms with Crippen molar-refractivity contribution in [3.05, 3.63) is 34.9 Å². The molecule has 1 aromatic rings. The molecule has 0 radical (unpaired) electrons. The van der Waals surface area contributed by atoms with E-state index in [9.17, 15) is 9.90 Å². The summed E-state index contributed by atoms with van der Waals surface area (Å²) in [5.41, 5.74) is 3.04. The summed E-state index contributed by atoms with van der Waals surface area (Å²) in [4.78, 5) is 11.9. The number of urea groups is 1. The number of methoxy groups -OCH3 is 1. The Kier molecular flexibility index (Phi) is 5.80. The van der Waals surface area contributed by atoms with Gasteiger partial charge in [0.05, 0.1) is 18.8 Å². The van der Waals surface area contributed by atoms with E-state index in [2.05, 4.69) is 16.7 Å². The van der Waals surface area contributed by atoms with Crippen LogP contribution in [0.2, 0.25) is 0 Å². The minimum absolute atomic E-state index is 0.0587. The molecular formula is C17H26N2O3. The smallest absolute Gasteiger partial charge is 0.315 e.